The summed E-state index contributed by atoms with van der Waals surface area (Å²) in [6.45, 7) is 1.22. The van der Waals surface area contributed by atoms with Crippen LogP contribution in [-0.2, 0) is 4.79 Å². The fraction of sp³-hybridized carbons (Fsp3) is 0.0833. The van der Waals surface area contributed by atoms with E-state index in [2.05, 4.69) is 10.4 Å². The van der Waals surface area contributed by atoms with E-state index >= 15 is 0 Å². The summed E-state index contributed by atoms with van der Waals surface area (Å²) in [6.07, 6.45) is 0. The quantitative estimate of drug-likeness (QED) is 0.926. The van der Waals surface area contributed by atoms with Gasteiger partial charge in [0.2, 0.25) is 5.91 Å². The Balaban J connectivity index is 2.66. The topological polar surface area (TPSA) is 70.7 Å². The molecule has 0 saturated carbocycles. The predicted molar refractivity (Wildman–Crippen MR) is 67.5 cm³/mol. The zero-order valence-electron chi connectivity index (χ0n) is 10.1. The van der Waals surface area contributed by atoms with Gasteiger partial charge in [0.05, 0.1) is 0 Å². The van der Waals surface area contributed by atoms with E-state index in [0.29, 0.717) is 6.07 Å². The van der Waals surface area contributed by atoms with E-state index in [4.69, 9.17) is 16.9 Å². The standard InChI is InChI=1S/C12H7ClF2N4O/c1-6(20)17-12-11(13)9(5-16)18-19(12)10-3-2-7(14)4-8(10)15/h2-4H,1H3,(H,17,20). The van der Waals surface area contributed by atoms with E-state index in [9.17, 15) is 13.6 Å². The van der Waals surface area contributed by atoms with Crippen molar-refractivity contribution < 1.29 is 13.6 Å². The molecule has 0 saturated heterocycles. The lowest BCUT2D eigenvalue weighted by atomic mass is 10.3. The van der Waals surface area contributed by atoms with Crippen molar-refractivity contribution in [3.63, 3.8) is 0 Å². The van der Waals surface area contributed by atoms with Gasteiger partial charge in [-0.25, -0.2) is 13.5 Å². The van der Waals surface area contributed by atoms with Gasteiger partial charge < -0.3 is 5.32 Å². The number of nitrogens with zero attached hydrogens (tertiary/aromatic N) is 3. The molecule has 102 valence electrons. The average Bonchev–Trinajstić information content (AvgIpc) is 2.66. The van der Waals surface area contributed by atoms with Crippen LogP contribution in [0.3, 0.4) is 0 Å². The van der Waals surface area contributed by atoms with Crippen LogP contribution in [0.25, 0.3) is 5.69 Å². The number of nitrogens with one attached hydrogen (secondary N) is 1. The molecule has 1 amide bonds. The molecular formula is C12H7ClF2N4O. The molecule has 0 spiro atoms. The third-order valence-corrected chi connectivity index (χ3v) is 2.72. The SMILES string of the molecule is CC(=O)Nc1c(Cl)c(C#N)nn1-c1ccc(F)cc1F. The number of benzene rings is 1. The van der Waals surface area contributed by atoms with E-state index in [1.807, 2.05) is 0 Å². The van der Waals surface area contributed by atoms with Gasteiger partial charge >= 0.3 is 0 Å². The molecule has 0 bridgehead atoms. The first-order chi connectivity index (χ1) is 9.43. The first-order valence-corrected chi connectivity index (χ1v) is 5.73. The maximum atomic E-state index is 13.8. The van der Waals surface area contributed by atoms with Crippen molar-refractivity contribution in [2.75, 3.05) is 5.32 Å². The Morgan fingerprint density at radius 3 is 2.75 bits per heavy atom. The largest absolute Gasteiger partial charge is 0.310 e. The average molecular weight is 297 g/mol. The molecule has 8 heteroatoms. The summed E-state index contributed by atoms with van der Waals surface area (Å²) in [6, 6.07) is 4.53. The van der Waals surface area contributed by atoms with Crippen molar-refractivity contribution in [3.8, 4) is 11.8 Å². The van der Waals surface area contributed by atoms with Gasteiger partial charge in [0, 0.05) is 13.0 Å². The van der Waals surface area contributed by atoms with E-state index in [1.54, 1.807) is 6.07 Å². The highest BCUT2D eigenvalue weighted by Gasteiger charge is 2.20. The van der Waals surface area contributed by atoms with E-state index in [1.165, 1.54) is 6.92 Å². The molecule has 1 N–H and O–H groups in total. The fourth-order valence-electron chi connectivity index (χ4n) is 1.57. The number of anilines is 1. The second-order valence-corrected chi connectivity index (χ2v) is 4.19. The Hall–Kier alpha value is -2.46. The predicted octanol–water partition coefficient (Wildman–Crippen LogP) is 2.63. The van der Waals surface area contributed by atoms with Crippen LogP contribution in [0.4, 0.5) is 14.6 Å². The third-order valence-electron chi connectivity index (χ3n) is 2.37. The summed E-state index contributed by atoms with van der Waals surface area (Å²) in [5.41, 5.74) is -0.322. The molecular weight excluding hydrogens is 290 g/mol. The van der Waals surface area contributed by atoms with Crippen molar-refractivity contribution in [1.82, 2.24) is 9.78 Å². The van der Waals surface area contributed by atoms with Crippen molar-refractivity contribution in [2.24, 2.45) is 0 Å². The number of amides is 1. The summed E-state index contributed by atoms with van der Waals surface area (Å²) in [5, 5.41) is 14.9. The second kappa shape index (κ2) is 5.27. The molecule has 1 aromatic heterocycles. The maximum absolute atomic E-state index is 13.8. The molecule has 0 unspecified atom stereocenters. The van der Waals surface area contributed by atoms with Gasteiger partial charge in [0.25, 0.3) is 0 Å². The molecule has 0 aliphatic carbocycles. The lowest BCUT2D eigenvalue weighted by Gasteiger charge is -2.08. The van der Waals surface area contributed by atoms with Crippen molar-refractivity contribution in [2.45, 2.75) is 6.92 Å². The lowest BCUT2D eigenvalue weighted by molar-refractivity contribution is -0.114. The van der Waals surface area contributed by atoms with Gasteiger partial charge in [-0.15, -0.1) is 0 Å². The van der Waals surface area contributed by atoms with Crippen molar-refractivity contribution in [3.05, 3.63) is 40.6 Å². The van der Waals surface area contributed by atoms with Crippen molar-refractivity contribution >= 4 is 23.3 Å². The molecule has 0 aliphatic heterocycles. The van der Waals surface area contributed by atoms with E-state index < -0.39 is 17.5 Å². The van der Waals surface area contributed by atoms with Gasteiger partial charge in [-0.3, -0.25) is 4.79 Å². The highest BCUT2D eigenvalue weighted by molar-refractivity contribution is 6.34. The lowest BCUT2D eigenvalue weighted by Crippen LogP contribution is -2.12. The number of nitriles is 1. The third kappa shape index (κ3) is 2.46. The zero-order chi connectivity index (χ0) is 14.9. The summed E-state index contributed by atoms with van der Waals surface area (Å²) in [5.74, 6) is -2.19. The second-order valence-electron chi connectivity index (χ2n) is 3.81. The Morgan fingerprint density at radius 2 is 2.20 bits per heavy atom. The number of halogens is 3. The number of rotatable bonds is 2. The smallest absolute Gasteiger partial charge is 0.222 e. The van der Waals surface area contributed by atoms with Crippen molar-refractivity contribution in [1.29, 1.82) is 5.26 Å². The number of carbonyl (C=O) groups excluding carboxylic acids is 1. The molecule has 0 aliphatic rings. The minimum Gasteiger partial charge on any atom is -0.310 e. The maximum Gasteiger partial charge on any atom is 0.222 e. The Kier molecular flexibility index (Phi) is 3.68. The monoisotopic (exact) mass is 296 g/mol. The molecule has 1 heterocycles. The van der Waals surface area contributed by atoms with Crippen LogP contribution < -0.4 is 5.32 Å². The molecule has 2 aromatic rings. The van der Waals surface area contributed by atoms with Gasteiger partial charge in [-0.2, -0.15) is 10.4 Å². The molecule has 0 fully saturated rings. The number of aromatic nitrogens is 2. The minimum atomic E-state index is -0.903. The molecule has 2 rings (SSSR count). The highest BCUT2D eigenvalue weighted by Crippen LogP contribution is 2.29. The van der Waals surface area contributed by atoms with Crippen LogP contribution in [0.5, 0.6) is 0 Å². The fourth-order valence-corrected chi connectivity index (χ4v) is 1.78. The van der Waals surface area contributed by atoms with Gasteiger partial charge in [-0.1, -0.05) is 11.6 Å². The van der Waals surface area contributed by atoms with Crippen LogP contribution in [-0.4, -0.2) is 15.7 Å². The molecule has 0 radical (unpaired) electrons. The summed E-state index contributed by atoms with van der Waals surface area (Å²) in [7, 11) is 0. The van der Waals surface area contributed by atoms with Crippen LogP contribution >= 0.6 is 11.6 Å². The minimum absolute atomic E-state index is 0.0544. The number of hydrogen-bond donors (Lipinski definition) is 1. The Bertz CT molecular complexity index is 736. The van der Waals surface area contributed by atoms with Crippen LogP contribution in [0, 0.1) is 23.0 Å². The van der Waals surface area contributed by atoms with Gasteiger partial charge in [0.15, 0.2) is 17.3 Å². The molecule has 0 atom stereocenters. The van der Waals surface area contributed by atoms with Crippen LogP contribution in [0.15, 0.2) is 18.2 Å². The van der Waals surface area contributed by atoms with Gasteiger partial charge in [-0.05, 0) is 12.1 Å². The Labute approximate surface area is 117 Å². The van der Waals surface area contributed by atoms with E-state index in [-0.39, 0.29) is 22.2 Å². The zero-order valence-corrected chi connectivity index (χ0v) is 10.9. The summed E-state index contributed by atoms with van der Waals surface area (Å²) < 4.78 is 27.6. The first kappa shape index (κ1) is 14.0. The molecule has 1 aromatic carbocycles. The molecule has 5 nitrogen and oxygen atoms in total. The number of hydrogen-bond acceptors (Lipinski definition) is 3. The normalized spacial score (nSPS) is 10.2. The summed E-state index contributed by atoms with van der Waals surface area (Å²) in [4.78, 5) is 11.1. The van der Waals surface area contributed by atoms with Crippen LogP contribution in [0.1, 0.15) is 12.6 Å². The van der Waals surface area contributed by atoms with Gasteiger partial charge in [0.1, 0.15) is 22.6 Å². The van der Waals surface area contributed by atoms with Crippen LogP contribution in [0.2, 0.25) is 5.02 Å². The molecule has 20 heavy (non-hydrogen) atoms. The Morgan fingerprint density at radius 1 is 1.50 bits per heavy atom. The van der Waals surface area contributed by atoms with E-state index in [0.717, 1.165) is 16.8 Å². The first-order valence-electron chi connectivity index (χ1n) is 5.35. The summed E-state index contributed by atoms with van der Waals surface area (Å²) >= 11 is 5.89. The highest BCUT2D eigenvalue weighted by atomic mass is 35.5. The number of carbonyl (C=O) groups is 1.